The minimum atomic E-state index is -0.478. The van der Waals surface area contributed by atoms with E-state index in [2.05, 4.69) is 21.3 Å². The van der Waals surface area contributed by atoms with E-state index in [1.807, 2.05) is 34.6 Å². The third kappa shape index (κ3) is 11.4. The van der Waals surface area contributed by atoms with Crippen LogP contribution in [0, 0.1) is 11.8 Å². The van der Waals surface area contributed by atoms with Crippen LogP contribution in [0.2, 0.25) is 0 Å². The first kappa shape index (κ1) is 23.9. The van der Waals surface area contributed by atoms with Gasteiger partial charge in [-0.1, -0.05) is 13.8 Å². The smallest absolute Gasteiger partial charge is 0.223 e. The lowest BCUT2D eigenvalue weighted by Crippen LogP contribution is -2.39. The molecule has 0 fully saturated rings. The molecule has 0 saturated carbocycles. The molecular formula is C18H34N4O4. The van der Waals surface area contributed by atoms with Crippen LogP contribution in [0.25, 0.3) is 0 Å². The number of rotatable bonds is 12. The van der Waals surface area contributed by atoms with E-state index in [-0.39, 0.29) is 67.9 Å². The summed E-state index contributed by atoms with van der Waals surface area (Å²) in [6.07, 6.45) is 0.465. The largest absolute Gasteiger partial charge is 0.356 e. The van der Waals surface area contributed by atoms with Crippen molar-refractivity contribution in [3.8, 4) is 0 Å². The van der Waals surface area contributed by atoms with E-state index in [9.17, 15) is 19.2 Å². The second-order valence-electron chi connectivity index (χ2n) is 6.87. The molecule has 0 aliphatic carbocycles. The van der Waals surface area contributed by atoms with E-state index in [0.717, 1.165) is 0 Å². The Morgan fingerprint density at radius 3 is 1.88 bits per heavy atom. The lowest BCUT2D eigenvalue weighted by Gasteiger charge is -2.20. The monoisotopic (exact) mass is 370 g/mol. The summed E-state index contributed by atoms with van der Waals surface area (Å²) in [5.41, 5.74) is 0. The van der Waals surface area contributed by atoms with E-state index in [0.29, 0.717) is 6.54 Å². The molecule has 0 aliphatic rings. The number of nitrogens with one attached hydrogen (secondary N) is 4. The quantitative estimate of drug-likeness (QED) is 0.396. The standard InChI is InChI=1S/C18H34N4O4/c1-6-19-15(23)7-10-21-18(26)14(12(2)3)11-17(25)20-9-8-16(24)22-13(4)5/h12-14H,6-11H2,1-5H3,(H,19,23)(H,20,25)(H,21,26)(H,22,24). The van der Waals surface area contributed by atoms with E-state index >= 15 is 0 Å². The summed E-state index contributed by atoms with van der Waals surface area (Å²) in [6.45, 7) is 10.3. The van der Waals surface area contributed by atoms with E-state index < -0.39 is 5.92 Å². The summed E-state index contributed by atoms with van der Waals surface area (Å²) in [4.78, 5) is 47.2. The Kier molecular flexibility index (Phi) is 12.1. The first-order chi connectivity index (χ1) is 12.2. The predicted molar refractivity (Wildman–Crippen MR) is 100 cm³/mol. The summed E-state index contributed by atoms with van der Waals surface area (Å²) >= 11 is 0. The van der Waals surface area contributed by atoms with Crippen molar-refractivity contribution in [2.75, 3.05) is 19.6 Å². The van der Waals surface area contributed by atoms with Gasteiger partial charge in [-0.2, -0.15) is 0 Å². The number of hydrogen-bond acceptors (Lipinski definition) is 4. The third-order valence-corrected chi connectivity index (χ3v) is 3.70. The van der Waals surface area contributed by atoms with Crippen LogP contribution in [0.1, 0.15) is 53.9 Å². The van der Waals surface area contributed by atoms with Crippen molar-refractivity contribution in [1.29, 1.82) is 0 Å². The van der Waals surface area contributed by atoms with Crippen molar-refractivity contribution in [3.63, 3.8) is 0 Å². The average Bonchev–Trinajstić information content (AvgIpc) is 2.51. The predicted octanol–water partition coefficient (Wildman–Crippen LogP) is 0.322. The Bertz CT molecular complexity index is 478. The number of amides is 4. The summed E-state index contributed by atoms with van der Waals surface area (Å²) < 4.78 is 0. The molecule has 8 nitrogen and oxygen atoms in total. The Labute approximate surface area is 156 Å². The minimum absolute atomic E-state index is 0.0190. The summed E-state index contributed by atoms with van der Waals surface area (Å²) in [5, 5.41) is 10.8. The number of carbonyl (C=O) groups is 4. The molecular weight excluding hydrogens is 336 g/mol. The van der Waals surface area contributed by atoms with Crippen molar-refractivity contribution >= 4 is 23.6 Å². The second kappa shape index (κ2) is 13.1. The van der Waals surface area contributed by atoms with Crippen LogP contribution >= 0.6 is 0 Å². The van der Waals surface area contributed by atoms with Crippen molar-refractivity contribution < 1.29 is 19.2 Å². The Hall–Kier alpha value is -2.12. The van der Waals surface area contributed by atoms with Crippen LogP contribution < -0.4 is 21.3 Å². The lowest BCUT2D eigenvalue weighted by molar-refractivity contribution is -0.132. The summed E-state index contributed by atoms with van der Waals surface area (Å²) in [7, 11) is 0. The fourth-order valence-corrected chi connectivity index (χ4v) is 2.33. The molecule has 0 saturated heterocycles. The van der Waals surface area contributed by atoms with Gasteiger partial charge in [-0.15, -0.1) is 0 Å². The minimum Gasteiger partial charge on any atom is -0.356 e. The van der Waals surface area contributed by atoms with E-state index in [4.69, 9.17) is 0 Å². The fourth-order valence-electron chi connectivity index (χ4n) is 2.33. The van der Waals surface area contributed by atoms with Crippen LogP contribution in [-0.2, 0) is 19.2 Å². The molecule has 4 amide bonds. The zero-order valence-electron chi connectivity index (χ0n) is 16.6. The summed E-state index contributed by atoms with van der Waals surface area (Å²) in [5.74, 6) is -1.24. The van der Waals surface area contributed by atoms with Gasteiger partial charge in [0, 0.05) is 50.9 Å². The molecule has 0 spiro atoms. The van der Waals surface area contributed by atoms with Gasteiger partial charge in [-0.3, -0.25) is 19.2 Å². The number of hydrogen-bond donors (Lipinski definition) is 4. The normalized spacial score (nSPS) is 11.8. The van der Waals surface area contributed by atoms with Crippen LogP contribution in [-0.4, -0.2) is 49.3 Å². The molecule has 0 aromatic carbocycles. The topological polar surface area (TPSA) is 116 Å². The number of carbonyl (C=O) groups excluding carboxylic acids is 4. The summed E-state index contributed by atoms with van der Waals surface area (Å²) in [6, 6.07) is 0.0617. The van der Waals surface area contributed by atoms with Gasteiger partial charge >= 0.3 is 0 Å². The first-order valence-corrected chi connectivity index (χ1v) is 9.27. The molecule has 0 bridgehead atoms. The maximum Gasteiger partial charge on any atom is 0.223 e. The zero-order chi connectivity index (χ0) is 20.1. The van der Waals surface area contributed by atoms with Gasteiger partial charge in [0.1, 0.15) is 0 Å². The van der Waals surface area contributed by atoms with Crippen LogP contribution in [0.3, 0.4) is 0 Å². The highest BCUT2D eigenvalue weighted by molar-refractivity contribution is 5.86. The Morgan fingerprint density at radius 1 is 0.769 bits per heavy atom. The Morgan fingerprint density at radius 2 is 1.35 bits per heavy atom. The first-order valence-electron chi connectivity index (χ1n) is 9.27. The fraction of sp³-hybridized carbons (Fsp3) is 0.778. The highest BCUT2D eigenvalue weighted by atomic mass is 16.2. The van der Waals surface area contributed by atoms with Crippen molar-refractivity contribution in [2.45, 2.75) is 59.9 Å². The molecule has 26 heavy (non-hydrogen) atoms. The Balaban J connectivity index is 4.27. The van der Waals surface area contributed by atoms with Crippen molar-refractivity contribution in [2.24, 2.45) is 11.8 Å². The molecule has 0 rings (SSSR count). The van der Waals surface area contributed by atoms with E-state index in [1.54, 1.807) is 0 Å². The maximum atomic E-state index is 12.3. The lowest BCUT2D eigenvalue weighted by atomic mass is 9.91. The maximum absolute atomic E-state index is 12.3. The SMILES string of the molecule is CCNC(=O)CCNC(=O)C(CC(=O)NCCC(=O)NC(C)C)C(C)C. The molecule has 0 radical (unpaired) electrons. The third-order valence-electron chi connectivity index (χ3n) is 3.70. The molecule has 1 unspecified atom stereocenters. The van der Waals surface area contributed by atoms with Crippen LogP contribution in [0.15, 0.2) is 0 Å². The molecule has 0 aromatic heterocycles. The second-order valence-corrected chi connectivity index (χ2v) is 6.87. The molecule has 8 heteroatoms. The van der Waals surface area contributed by atoms with Crippen LogP contribution in [0.5, 0.6) is 0 Å². The zero-order valence-corrected chi connectivity index (χ0v) is 16.6. The van der Waals surface area contributed by atoms with Gasteiger partial charge in [-0.25, -0.2) is 0 Å². The highest BCUT2D eigenvalue weighted by Gasteiger charge is 2.25. The highest BCUT2D eigenvalue weighted by Crippen LogP contribution is 2.15. The molecule has 0 aromatic rings. The van der Waals surface area contributed by atoms with Gasteiger partial charge in [0.25, 0.3) is 0 Å². The van der Waals surface area contributed by atoms with Crippen molar-refractivity contribution in [1.82, 2.24) is 21.3 Å². The van der Waals surface area contributed by atoms with Gasteiger partial charge in [0.2, 0.25) is 23.6 Å². The molecule has 4 N–H and O–H groups in total. The molecule has 0 aliphatic heterocycles. The molecule has 1 atom stereocenters. The van der Waals surface area contributed by atoms with Gasteiger partial charge in [0.05, 0.1) is 0 Å². The van der Waals surface area contributed by atoms with E-state index in [1.165, 1.54) is 0 Å². The average molecular weight is 370 g/mol. The van der Waals surface area contributed by atoms with Crippen molar-refractivity contribution in [3.05, 3.63) is 0 Å². The van der Waals surface area contributed by atoms with Gasteiger partial charge < -0.3 is 21.3 Å². The van der Waals surface area contributed by atoms with Crippen LogP contribution in [0.4, 0.5) is 0 Å². The molecule has 0 heterocycles. The van der Waals surface area contributed by atoms with Gasteiger partial charge in [-0.05, 0) is 26.7 Å². The molecule has 150 valence electrons. The van der Waals surface area contributed by atoms with Gasteiger partial charge in [0.15, 0.2) is 0 Å².